The summed E-state index contributed by atoms with van der Waals surface area (Å²) in [5.41, 5.74) is 4.03. The Balaban J connectivity index is 0.000000289. The number of rotatable bonds is 7. The van der Waals surface area contributed by atoms with Gasteiger partial charge in [0.15, 0.2) is 0 Å². The minimum atomic E-state index is -4.02. The van der Waals surface area contributed by atoms with E-state index < -0.39 is 14.3 Å². The molecule has 0 aromatic heterocycles. The van der Waals surface area contributed by atoms with E-state index in [-0.39, 0.29) is 4.90 Å². The molecule has 37 heavy (non-hydrogen) atoms. The number of hydrogen-bond acceptors (Lipinski definition) is 5. The van der Waals surface area contributed by atoms with Gasteiger partial charge in [0.1, 0.15) is 0 Å². The molecule has 2 radical (unpaired) electrons. The predicted molar refractivity (Wildman–Crippen MR) is 146 cm³/mol. The van der Waals surface area contributed by atoms with Crippen LogP contribution in [0, 0.1) is 6.92 Å². The summed E-state index contributed by atoms with van der Waals surface area (Å²) in [5.74, 6) is 2.43. The Bertz CT molecular complexity index is 1320. The van der Waals surface area contributed by atoms with Crippen molar-refractivity contribution in [3.63, 3.8) is 0 Å². The van der Waals surface area contributed by atoms with Crippen molar-refractivity contribution in [2.24, 2.45) is 0 Å². The van der Waals surface area contributed by atoms with Crippen LogP contribution in [-0.2, 0) is 14.3 Å². The molecule has 0 spiro atoms. The van der Waals surface area contributed by atoms with Crippen molar-refractivity contribution in [3.05, 3.63) is 119 Å². The number of hydrogen-bond donors (Lipinski definition) is 1. The first-order valence-corrected chi connectivity index (χ1v) is 13.7. The van der Waals surface area contributed by atoms with Gasteiger partial charge in [0.05, 0.1) is 4.90 Å². The minimum Gasteiger partial charge on any atom is -0.282 e. The minimum absolute atomic E-state index is 0.0666. The van der Waals surface area contributed by atoms with Crippen molar-refractivity contribution in [2.75, 3.05) is 21.3 Å². The molecule has 0 aliphatic carbocycles. The molecule has 0 fully saturated rings. The predicted octanol–water partition coefficient (Wildman–Crippen LogP) is 5.41. The second kappa shape index (κ2) is 12.3. The standard InChI is InChI=1S/C22H21AsO3.C7H8O3S/c1-24-19-13-7-4-10-16(19)22(23,17-11-5-8-14-20(17)25-2)18-12-6-9-15-21(18)26-3;1-6-2-4-7(5-3-6)11(8,9)10/h4-15H,1-3H3;2-5H,1H3,(H,8,9,10). The average Bonchev–Trinajstić information content (AvgIpc) is 2.92. The Kier molecular flexibility index (Phi) is 9.44. The first kappa shape index (κ1) is 28.3. The van der Waals surface area contributed by atoms with E-state index >= 15 is 0 Å². The SMILES string of the molecule is COc1ccccc1C([As])(c1ccccc1OC)c1ccccc1OC.Cc1ccc(S(=O)(=O)O)cc1. The van der Waals surface area contributed by atoms with Gasteiger partial charge in [-0.2, -0.15) is 8.42 Å². The molecule has 0 aliphatic rings. The Hall–Kier alpha value is -3.25. The van der Waals surface area contributed by atoms with E-state index in [4.69, 9.17) is 18.8 Å². The van der Waals surface area contributed by atoms with E-state index in [1.807, 2.05) is 61.5 Å². The van der Waals surface area contributed by atoms with Gasteiger partial charge in [-0.05, 0) is 19.1 Å². The zero-order valence-electron chi connectivity index (χ0n) is 21.1. The van der Waals surface area contributed by atoms with Gasteiger partial charge in [0, 0.05) is 0 Å². The summed E-state index contributed by atoms with van der Waals surface area (Å²) < 4.78 is 46.0. The summed E-state index contributed by atoms with van der Waals surface area (Å²) in [6.07, 6.45) is 0. The molecular formula is C29H29AsO6S. The van der Waals surface area contributed by atoms with Gasteiger partial charge in [0.25, 0.3) is 10.1 Å². The van der Waals surface area contributed by atoms with Gasteiger partial charge in [-0.15, -0.1) is 0 Å². The fourth-order valence-corrected chi connectivity index (χ4v) is 5.62. The first-order chi connectivity index (χ1) is 17.7. The Morgan fingerprint density at radius 2 is 0.946 bits per heavy atom. The van der Waals surface area contributed by atoms with Crippen LogP contribution in [-0.4, -0.2) is 51.2 Å². The van der Waals surface area contributed by atoms with Gasteiger partial charge in [0.2, 0.25) is 0 Å². The molecule has 0 saturated heterocycles. The first-order valence-electron chi connectivity index (χ1n) is 11.3. The molecule has 0 atom stereocenters. The largest absolute Gasteiger partial charge is 0.294 e. The molecule has 1 N–H and O–H groups in total. The van der Waals surface area contributed by atoms with E-state index in [9.17, 15) is 8.42 Å². The van der Waals surface area contributed by atoms with Crippen LogP contribution in [0.4, 0.5) is 0 Å². The molecule has 0 heterocycles. The van der Waals surface area contributed by atoms with Crippen molar-refractivity contribution in [1.82, 2.24) is 0 Å². The molecule has 6 nitrogen and oxygen atoms in total. The monoisotopic (exact) mass is 580 g/mol. The molecule has 4 aromatic rings. The Labute approximate surface area is 227 Å². The summed E-state index contributed by atoms with van der Waals surface area (Å²) in [4.78, 5) is -0.0666. The second-order valence-corrected chi connectivity index (χ2v) is 10.9. The molecule has 192 valence electrons. The average molecular weight is 581 g/mol. The number of aryl methyl sites for hydroxylation is 1. The smallest absolute Gasteiger partial charge is 0.282 e. The molecule has 0 amide bonds. The van der Waals surface area contributed by atoms with E-state index in [2.05, 4.69) is 35.1 Å². The van der Waals surface area contributed by atoms with Gasteiger partial charge >= 0.3 is 163 Å². The molecule has 0 saturated carbocycles. The van der Waals surface area contributed by atoms with Crippen molar-refractivity contribution >= 4 is 27.0 Å². The van der Waals surface area contributed by atoms with Gasteiger partial charge in [-0.3, -0.25) is 4.55 Å². The zero-order valence-corrected chi connectivity index (χ0v) is 23.8. The maximum absolute atomic E-state index is 10.5. The van der Waals surface area contributed by atoms with Crippen LogP contribution in [0.3, 0.4) is 0 Å². The Morgan fingerprint density at radius 3 is 1.24 bits per heavy atom. The van der Waals surface area contributed by atoms with E-state index in [0.29, 0.717) is 0 Å². The number of methoxy groups -OCH3 is 3. The normalized spacial score (nSPS) is 11.2. The third-order valence-corrected chi connectivity index (χ3v) is 8.19. The van der Waals surface area contributed by atoms with Gasteiger partial charge < -0.3 is 0 Å². The van der Waals surface area contributed by atoms with Crippen LogP contribution < -0.4 is 14.2 Å². The fraction of sp³-hybridized carbons (Fsp3) is 0.172. The fourth-order valence-electron chi connectivity index (χ4n) is 3.98. The summed E-state index contributed by atoms with van der Waals surface area (Å²) in [7, 11) is 1.05. The van der Waals surface area contributed by atoms with Gasteiger partial charge in [-0.1, -0.05) is 17.7 Å². The third kappa shape index (κ3) is 6.36. The van der Waals surface area contributed by atoms with E-state index in [1.165, 1.54) is 12.1 Å². The molecule has 8 heteroatoms. The molecule has 0 bridgehead atoms. The van der Waals surface area contributed by atoms with Crippen molar-refractivity contribution in [2.45, 2.75) is 16.0 Å². The van der Waals surface area contributed by atoms with Crippen molar-refractivity contribution in [1.29, 1.82) is 0 Å². The molecule has 0 aliphatic heterocycles. The van der Waals surface area contributed by atoms with Crippen LogP contribution in [0.2, 0.25) is 0 Å². The quantitative estimate of drug-likeness (QED) is 0.179. The van der Waals surface area contributed by atoms with Crippen LogP contribution >= 0.6 is 0 Å². The number of para-hydroxylation sites is 3. The summed E-state index contributed by atoms with van der Waals surface area (Å²) in [6.45, 7) is 1.84. The zero-order chi connectivity index (χ0) is 27.1. The van der Waals surface area contributed by atoms with Crippen molar-refractivity contribution in [3.8, 4) is 17.2 Å². The number of ether oxygens (including phenoxy) is 3. The number of benzene rings is 4. The van der Waals surface area contributed by atoms with Crippen molar-refractivity contribution < 1.29 is 27.2 Å². The molecule has 0 unspecified atom stereocenters. The second-order valence-electron chi connectivity index (χ2n) is 8.10. The maximum atomic E-state index is 10.5. The van der Waals surface area contributed by atoms with Crippen LogP contribution in [0.5, 0.6) is 17.2 Å². The molecule has 4 rings (SSSR count). The van der Waals surface area contributed by atoms with Crippen LogP contribution in [0.1, 0.15) is 22.3 Å². The summed E-state index contributed by atoms with van der Waals surface area (Å²) in [6, 6.07) is 30.1. The maximum Gasteiger partial charge on any atom is 0.294 e. The van der Waals surface area contributed by atoms with Crippen LogP contribution in [0.15, 0.2) is 102 Å². The molecule has 4 aromatic carbocycles. The summed E-state index contributed by atoms with van der Waals surface area (Å²) >= 11 is 2.80. The summed E-state index contributed by atoms with van der Waals surface area (Å²) in [5, 5.41) is 0. The van der Waals surface area contributed by atoms with Gasteiger partial charge in [-0.25, -0.2) is 0 Å². The van der Waals surface area contributed by atoms with E-state index in [0.717, 1.165) is 39.5 Å². The molecular weight excluding hydrogens is 551 g/mol. The topological polar surface area (TPSA) is 82.1 Å². The Morgan fingerprint density at radius 1 is 0.622 bits per heavy atom. The van der Waals surface area contributed by atoms with E-state index in [1.54, 1.807) is 33.5 Å². The van der Waals surface area contributed by atoms with Crippen LogP contribution in [0.25, 0.3) is 0 Å². The third-order valence-electron chi connectivity index (χ3n) is 5.81.